The van der Waals surface area contributed by atoms with Gasteiger partial charge in [-0.05, 0) is 42.4 Å². The third-order valence-electron chi connectivity index (χ3n) is 6.74. The minimum absolute atomic E-state index is 0.000709. The number of likely N-dealkylation sites (N-methyl/N-ethyl adjacent to an activating group) is 1. The van der Waals surface area contributed by atoms with Crippen LogP contribution in [0.4, 0.5) is 11.5 Å². The van der Waals surface area contributed by atoms with Crippen LogP contribution in [-0.2, 0) is 4.79 Å². The molecular weight excluding hydrogens is 446 g/mol. The van der Waals surface area contributed by atoms with Crippen molar-refractivity contribution in [2.45, 2.75) is 12.3 Å². The molecule has 6 nitrogen and oxygen atoms in total. The molecule has 3 aromatic carbocycles. The van der Waals surface area contributed by atoms with Gasteiger partial charge in [0.1, 0.15) is 0 Å². The van der Waals surface area contributed by atoms with Crippen molar-refractivity contribution in [1.82, 2.24) is 15.1 Å². The Morgan fingerprint density at radius 3 is 1.94 bits per heavy atom. The molecule has 2 heterocycles. The normalized spacial score (nSPS) is 14.1. The molecule has 0 radical (unpaired) electrons. The molecule has 1 N–H and O–H groups in total. The summed E-state index contributed by atoms with van der Waals surface area (Å²) in [6, 6.07) is 32.2. The van der Waals surface area contributed by atoms with Crippen LogP contribution in [0.1, 0.15) is 23.5 Å². The molecule has 1 aliphatic heterocycles. The van der Waals surface area contributed by atoms with Gasteiger partial charge in [-0.2, -0.15) is 0 Å². The second-order valence-electron chi connectivity index (χ2n) is 9.27. The molecule has 4 aromatic rings. The van der Waals surface area contributed by atoms with Gasteiger partial charge in [-0.25, -0.2) is 0 Å². The molecule has 1 aromatic heterocycles. The minimum Gasteiger partial charge on any atom is -0.353 e. The van der Waals surface area contributed by atoms with Gasteiger partial charge in [-0.15, -0.1) is 10.2 Å². The summed E-state index contributed by atoms with van der Waals surface area (Å²) in [5.41, 5.74) is 4.82. The third kappa shape index (κ3) is 5.78. The van der Waals surface area contributed by atoms with E-state index in [2.05, 4.69) is 56.6 Å². The van der Waals surface area contributed by atoms with E-state index in [0.717, 1.165) is 60.1 Å². The molecule has 0 saturated carbocycles. The molecule has 0 bridgehead atoms. The highest BCUT2D eigenvalue weighted by atomic mass is 16.1. The minimum atomic E-state index is -0.0169. The summed E-state index contributed by atoms with van der Waals surface area (Å²) < 4.78 is 0. The average molecular weight is 478 g/mol. The molecule has 36 heavy (non-hydrogen) atoms. The molecule has 1 aliphatic rings. The first-order valence-electron chi connectivity index (χ1n) is 12.4. The molecule has 0 aliphatic carbocycles. The van der Waals surface area contributed by atoms with Gasteiger partial charge in [0.2, 0.25) is 5.91 Å². The van der Waals surface area contributed by atoms with E-state index in [1.165, 1.54) is 0 Å². The third-order valence-corrected chi connectivity index (χ3v) is 6.74. The molecule has 5 rings (SSSR count). The fraction of sp³-hybridized carbons (Fsp3) is 0.233. The zero-order valence-corrected chi connectivity index (χ0v) is 20.5. The zero-order chi connectivity index (χ0) is 24.7. The highest BCUT2D eigenvalue weighted by Crippen LogP contribution is 2.28. The maximum Gasteiger partial charge on any atom is 0.225 e. The Hall–Kier alpha value is -4.03. The van der Waals surface area contributed by atoms with Crippen LogP contribution in [-0.4, -0.2) is 54.2 Å². The fourth-order valence-electron chi connectivity index (χ4n) is 4.60. The van der Waals surface area contributed by atoms with Crippen LogP contribution < -0.4 is 10.2 Å². The number of anilines is 2. The zero-order valence-electron chi connectivity index (χ0n) is 20.5. The lowest BCUT2D eigenvalue weighted by atomic mass is 9.88. The van der Waals surface area contributed by atoms with E-state index < -0.39 is 0 Å². The number of benzene rings is 3. The molecule has 182 valence electrons. The molecule has 6 heteroatoms. The highest BCUT2D eigenvalue weighted by Gasteiger charge is 2.19. The van der Waals surface area contributed by atoms with Crippen molar-refractivity contribution >= 4 is 17.4 Å². The van der Waals surface area contributed by atoms with Crippen LogP contribution in [0.5, 0.6) is 0 Å². The second kappa shape index (κ2) is 11.1. The van der Waals surface area contributed by atoms with Crippen LogP contribution in [0.2, 0.25) is 0 Å². The molecule has 1 fully saturated rings. The monoisotopic (exact) mass is 477 g/mol. The summed E-state index contributed by atoms with van der Waals surface area (Å²) in [4.78, 5) is 17.6. The van der Waals surface area contributed by atoms with E-state index in [0.29, 0.717) is 6.42 Å². The molecule has 0 unspecified atom stereocenters. The second-order valence-corrected chi connectivity index (χ2v) is 9.27. The van der Waals surface area contributed by atoms with Crippen molar-refractivity contribution in [3.05, 3.63) is 108 Å². The van der Waals surface area contributed by atoms with E-state index in [1.54, 1.807) is 0 Å². The SMILES string of the molecule is CN1CCN(c2ccc(-c3ccc(NC(=O)CC(c4ccccc4)c4ccccc4)cc3)nn2)CC1. The molecule has 1 saturated heterocycles. The van der Waals surface area contributed by atoms with E-state index >= 15 is 0 Å². The van der Waals surface area contributed by atoms with E-state index in [-0.39, 0.29) is 11.8 Å². The van der Waals surface area contributed by atoms with Crippen molar-refractivity contribution in [2.24, 2.45) is 0 Å². The molecule has 0 atom stereocenters. The number of amides is 1. The Kier molecular flexibility index (Phi) is 7.33. The van der Waals surface area contributed by atoms with Gasteiger partial charge in [0, 0.05) is 49.8 Å². The fourth-order valence-corrected chi connectivity index (χ4v) is 4.60. The standard InChI is InChI=1S/C30H31N5O/c1-34-18-20-35(21-19-34)29-17-16-28(32-33-29)25-12-14-26(15-13-25)31-30(36)22-27(23-8-4-2-5-9-23)24-10-6-3-7-11-24/h2-17,27H,18-22H2,1H3,(H,31,36). The summed E-state index contributed by atoms with van der Waals surface area (Å²) >= 11 is 0. The Balaban J connectivity index is 1.23. The quantitative estimate of drug-likeness (QED) is 0.403. The number of nitrogens with one attached hydrogen (secondary N) is 1. The maximum absolute atomic E-state index is 13.0. The Labute approximate surface area is 212 Å². The summed E-state index contributed by atoms with van der Waals surface area (Å²) in [5.74, 6) is 0.902. The van der Waals surface area contributed by atoms with Crippen LogP contribution in [0.25, 0.3) is 11.3 Å². The number of piperazine rings is 1. The number of hydrogen-bond acceptors (Lipinski definition) is 5. The smallest absolute Gasteiger partial charge is 0.225 e. The Morgan fingerprint density at radius 1 is 0.778 bits per heavy atom. The number of carbonyl (C=O) groups is 1. The van der Waals surface area contributed by atoms with Gasteiger partial charge in [0.15, 0.2) is 5.82 Å². The first-order valence-corrected chi connectivity index (χ1v) is 12.4. The van der Waals surface area contributed by atoms with Gasteiger partial charge in [0.25, 0.3) is 0 Å². The Bertz CT molecular complexity index is 1210. The van der Waals surface area contributed by atoms with Crippen LogP contribution in [0, 0.1) is 0 Å². The van der Waals surface area contributed by atoms with Crippen molar-refractivity contribution in [2.75, 3.05) is 43.4 Å². The van der Waals surface area contributed by atoms with Crippen molar-refractivity contribution in [1.29, 1.82) is 0 Å². The predicted molar refractivity (Wildman–Crippen MR) is 145 cm³/mol. The first-order chi connectivity index (χ1) is 17.7. The van der Waals surface area contributed by atoms with E-state index in [9.17, 15) is 4.79 Å². The average Bonchev–Trinajstić information content (AvgIpc) is 2.94. The first kappa shape index (κ1) is 23.7. The lowest BCUT2D eigenvalue weighted by Gasteiger charge is -2.32. The van der Waals surface area contributed by atoms with Crippen LogP contribution in [0.3, 0.4) is 0 Å². The number of aromatic nitrogens is 2. The number of hydrogen-bond donors (Lipinski definition) is 1. The predicted octanol–water partition coefficient (Wildman–Crippen LogP) is 5.06. The van der Waals surface area contributed by atoms with Crippen LogP contribution >= 0.6 is 0 Å². The molecular formula is C30H31N5O. The molecule has 1 amide bonds. The van der Waals surface area contributed by atoms with Crippen LogP contribution in [0.15, 0.2) is 97.1 Å². The van der Waals surface area contributed by atoms with Gasteiger partial charge >= 0.3 is 0 Å². The number of rotatable bonds is 7. The summed E-state index contributed by atoms with van der Waals surface area (Å²) in [6.07, 6.45) is 0.370. The Morgan fingerprint density at radius 2 is 1.39 bits per heavy atom. The largest absolute Gasteiger partial charge is 0.353 e. The van der Waals surface area contributed by atoms with Gasteiger partial charge in [-0.1, -0.05) is 72.8 Å². The summed E-state index contributed by atoms with van der Waals surface area (Å²) in [5, 5.41) is 12.0. The maximum atomic E-state index is 13.0. The summed E-state index contributed by atoms with van der Waals surface area (Å²) in [6.45, 7) is 4.00. The topological polar surface area (TPSA) is 61.4 Å². The van der Waals surface area contributed by atoms with E-state index in [4.69, 9.17) is 0 Å². The lowest BCUT2D eigenvalue weighted by molar-refractivity contribution is -0.116. The lowest BCUT2D eigenvalue weighted by Crippen LogP contribution is -2.44. The van der Waals surface area contributed by atoms with Crippen molar-refractivity contribution < 1.29 is 4.79 Å². The highest BCUT2D eigenvalue weighted by molar-refractivity contribution is 5.91. The van der Waals surface area contributed by atoms with Gasteiger partial charge in [-0.3, -0.25) is 4.79 Å². The number of carbonyl (C=O) groups excluding carboxylic acids is 1. The van der Waals surface area contributed by atoms with Crippen molar-refractivity contribution in [3.63, 3.8) is 0 Å². The molecule has 0 spiro atoms. The number of nitrogens with zero attached hydrogens (tertiary/aromatic N) is 4. The summed E-state index contributed by atoms with van der Waals surface area (Å²) in [7, 11) is 2.14. The van der Waals surface area contributed by atoms with Gasteiger partial charge < -0.3 is 15.1 Å². The van der Waals surface area contributed by atoms with Crippen molar-refractivity contribution in [3.8, 4) is 11.3 Å². The van der Waals surface area contributed by atoms with E-state index in [1.807, 2.05) is 72.8 Å². The van der Waals surface area contributed by atoms with Gasteiger partial charge in [0.05, 0.1) is 5.69 Å².